The van der Waals surface area contributed by atoms with Gasteiger partial charge in [-0.25, -0.2) is 0 Å². The first-order valence-corrected chi connectivity index (χ1v) is 9.81. The van der Waals surface area contributed by atoms with Crippen LogP contribution in [0.3, 0.4) is 0 Å². The highest BCUT2D eigenvalue weighted by Crippen LogP contribution is 2.33. The van der Waals surface area contributed by atoms with E-state index in [1.54, 1.807) is 19.0 Å². The van der Waals surface area contributed by atoms with Crippen LogP contribution >= 0.6 is 0 Å². The van der Waals surface area contributed by atoms with Gasteiger partial charge in [-0.2, -0.15) is 0 Å². The van der Waals surface area contributed by atoms with E-state index in [-0.39, 0.29) is 11.8 Å². The van der Waals surface area contributed by atoms with Crippen molar-refractivity contribution in [3.8, 4) is 22.7 Å². The average Bonchev–Trinajstić information content (AvgIpc) is 3.34. The van der Waals surface area contributed by atoms with Gasteiger partial charge in [0.25, 0.3) is 5.89 Å². The lowest BCUT2D eigenvalue weighted by Gasteiger charge is -2.32. The van der Waals surface area contributed by atoms with Crippen molar-refractivity contribution < 1.29 is 13.7 Å². The molecule has 1 saturated heterocycles. The number of aryl methyl sites for hydroxylation is 1. The number of rotatable bonds is 5. The van der Waals surface area contributed by atoms with Crippen LogP contribution in [-0.2, 0) is 11.3 Å². The van der Waals surface area contributed by atoms with Gasteiger partial charge < -0.3 is 13.8 Å². The third kappa shape index (κ3) is 4.07. The summed E-state index contributed by atoms with van der Waals surface area (Å²) in [5, 5.41) is 12.6. The van der Waals surface area contributed by atoms with Crippen molar-refractivity contribution in [2.75, 3.05) is 27.2 Å². The molecule has 1 aliphatic rings. The second-order valence-electron chi connectivity index (χ2n) is 7.64. The molecule has 1 aromatic carbocycles. The van der Waals surface area contributed by atoms with Gasteiger partial charge in [-0.15, -0.1) is 10.2 Å². The van der Waals surface area contributed by atoms with Crippen LogP contribution in [0.1, 0.15) is 24.5 Å². The number of piperidine rings is 1. The fourth-order valence-corrected chi connectivity index (χ4v) is 3.79. The minimum absolute atomic E-state index is 0.0196. The van der Waals surface area contributed by atoms with E-state index in [0.717, 1.165) is 24.9 Å². The number of carbonyl (C=O) groups is 1. The second kappa shape index (κ2) is 8.16. The van der Waals surface area contributed by atoms with Gasteiger partial charge in [0.15, 0.2) is 0 Å². The van der Waals surface area contributed by atoms with Crippen LogP contribution in [0.5, 0.6) is 0 Å². The van der Waals surface area contributed by atoms with Gasteiger partial charge in [-0.1, -0.05) is 35.5 Å². The summed E-state index contributed by atoms with van der Waals surface area (Å²) in [6.45, 7) is 3.97. The van der Waals surface area contributed by atoms with Crippen LogP contribution in [0.4, 0.5) is 0 Å². The van der Waals surface area contributed by atoms with Gasteiger partial charge in [-0.3, -0.25) is 9.69 Å². The Kier molecular flexibility index (Phi) is 5.44. The predicted octanol–water partition coefficient (Wildman–Crippen LogP) is 3.00. The summed E-state index contributed by atoms with van der Waals surface area (Å²) in [6.07, 6.45) is 1.90. The van der Waals surface area contributed by atoms with Crippen LogP contribution in [0.15, 0.2) is 39.3 Å². The number of benzene rings is 1. The molecule has 1 aliphatic heterocycles. The molecule has 1 unspecified atom stereocenters. The Labute approximate surface area is 169 Å². The maximum Gasteiger partial charge on any atom is 0.253 e. The molecule has 4 rings (SSSR count). The summed E-state index contributed by atoms with van der Waals surface area (Å²) in [5.41, 5.74) is 2.34. The van der Waals surface area contributed by atoms with E-state index in [9.17, 15) is 4.79 Å². The van der Waals surface area contributed by atoms with Crippen molar-refractivity contribution in [1.29, 1.82) is 0 Å². The van der Waals surface area contributed by atoms with Gasteiger partial charge in [-0.05, 0) is 26.3 Å². The Bertz CT molecular complexity index is 979. The lowest BCUT2D eigenvalue weighted by Crippen LogP contribution is -2.42. The van der Waals surface area contributed by atoms with Gasteiger partial charge in [0.1, 0.15) is 17.0 Å². The number of carbonyl (C=O) groups excluding carboxylic acids is 1. The summed E-state index contributed by atoms with van der Waals surface area (Å²) in [6, 6.07) is 9.78. The third-order valence-electron chi connectivity index (χ3n) is 5.25. The van der Waals surface area contributed by atoms with Gasteiger partial charge in [0.2, 0.25) is 11.8 Å². The van der Waals surface area contributed by atoms with Crippen LogP contribution < -0.4 is 0 Å². The Morgan fingerprint density at radius 2 is 2.03 bits per heavy atom. The zero-order chi connectivity index (χ0) is 20.4. The molecule has 0 spiro atoms. The van der Waals surface area contributed by atoms with E-state index >= 15 is 0 Å². The molecule has 0 saturated carbocycles. The van der Waals surface area contributed by atoms with Crippen LogP contribution in [0.2, 0.25) is 0 Å². The van der Waals surface area contributed by atoms with Crippen molar-refractivity contribution in [3.05, 3.63) is 42.0 Å². The normalized spacial score (nSPS) is 17.4. The van der Waals surface area contributed by atoms with E-state index < -0.39 is 0 Å². The molecule has 0 N–H and O–H groups in total. The lowest BCUT2D eigenvalue weighted by atomic mass is 9.97. The zero-order valence-corrected chi connectivity index (χ0v) is 17.0. The Balaban J connectivity index is 1.51. The molecule has 0 bridgehead atoms. The molecule has 3 aromatic rings. The van der Waals surface area contributed by atoms with E-state index in [2.05, 4.69) is 20.3 Å². The quantitative estimate of drug-likeness (QED) is 0.656. The second-order valence-corrected chi connectivity index (χ2v) is 7.64. The van der Waals surface area contributed by atoms with Crippen LogP contribution in [0, 0.1) is 12.8 Å². The highest BCUT2D eigenvalue weighted by atomic mass is 16.5. The summed E-state index contributed by atoms with van der Waals surface area (Å²) in [4.78, 5) is 16.2. The molecular formula is C21H25N5O3. The molecular weight excluding hydrogens is 370 g/mol. The number of hydrogen-bond donors (Lipinski definition) is 0. The predicted molar refractivity (Wildman–Crippen MR) is 107 cm³/mol. The van der Waals surface area contributed by atoms with E-state index in [1.807, 2.05) is 37.3 Å². The number of likely N-dealkylation sites (tertiary alicyclic amines) is 1. The Morgan fingerprint density at radius 3 is 2.79 bits per heavy atom. The molecule has 3 heterocycles. The topological polar surface area (TPSA) is 88.5 Å². The Morgan fingerprint density at radius 1 is 1.24 bits per heavy atom. The lowest BCUT2D eigenvalue weighted by molar-refractivity contribution is -0.134. The molecule has 1 atom stereocenters. The maximum absolute atomic E-state index is 12.3. The van der Waals surface area contributed by atoms with Gasteiger partial charge >= 0.3 is 0 Å². The molecule has 1 amide bonds. The highest BCUT2D eigenvalue weighted by molar-refractivity contribution is 5.78. The first-order chi connectivity index (χ1) is 14.0. The monoisotopic (exact) mass is 395 g/mol. The van der Waals surface area contributed by atoms with Crippen molar-refractivity contribution in [2.45, 2.75) is 26.3 Å². The molecule has 29 heavy (non-hydrogen) atoms. The molecule has 0 radical (unpaired) electrons. The number of hydrogen-bond acceptors (Lipinski definition) is 7. The van der Waals surface area contributed by atoms with Crippen LogP contribution in [0.25, 0.3) is 22.7 Å². The van der Waals surface area contributed by atoms with E-state index in [1.165, 1.54) is 0 Å². The van der Waals surface area contributed by atoms with Gasteiger partial charge in [0, 0.05) is 26.2 Å². The van der Waals surface area contributed by atoms with Crippen molar-refractivity contribution in [3.63, 3.8) is 0 Å². The highest BCUT2D eigenvalue weighted by Gasteiger charge is 2.28. The standard InChI is InChI=1S/C21H25N5O3/c1-14-18(19(24-29-14)15-8-5-4-6-9-15)20-23-22-17(28-20)13-26-11-7-10-16(12-26)21(27)25(2)3/h4-6,8-9,16H,7,10-13H2,1-3H3. The largest absolute Gasteiger partial charge is 0.419 e. The smallest absolute Gasteiger partial charge is 0.253 e. The summed E-state index contributed by atoms with van der Waals surface area (Å²) < 4.78 is 11.4. The maximum atomic E-state index is 12.3. The third-order valence-corrected chi connectivity index (χ3v) is 5.25. The minimum atomic E-state index is 0.0196. The SMILES string of the molecule is Cc1onc(-c2ccccc2)c1-c1nnc(CN2CCCC(C(=O)N(C)C)C2)o1. The molecule has 0 aliphatic carbocycles. The summed E-state index contributed by atoms with van der Waals surface area (Å²) >= 11 is 0. The van der Waals surface area contributed by atoms with Crippen molar-refractivity contribution >= 4 is 5.91 Å². The van der Waals surface area contributed by atoms with Crippen molar-refractivity contribution in [1.82, 2.24) is 25.2 Å². The number of nitrogens with zero attached hydrogens (tertiary/aromatic N) is 5. The summed E-state index contributed by atoms with van der Waals surface area (Å²) in [5.74, 6) is 1.75. The zero-order valence-electron chi connectivity index (χ0n) is 17.0. The number of aromatic nitrogens is 3. The van der Waals surface area contributed by atoms with E-state index in [4.69, 9.17) is 8.94 Å². The average molecular weight is 395 g/mol. The fraction of sp³-hybridized carbons (Fsp3) is 0.429. The molecule has 2 aromatic heterocycles. The molecule has 8 heteroatoms. The van der Waals surface area contributed by atoms with Crippen molar-refractivity contribution in [2.24, 2.45) is 5.92 Å². The Hall–Kier alpha value is -3.00. The molecule has 152 valence electrons. The van der Waals surface area contributed by atoms with Crippen LogP contribution in [-0.4, -0.2) is 58.2 Å². The first kappa shape index (κ1) is 19.3. The minimum Gasteiger partial charge on any atom is -0.419 e. The van der Waals surface area contributed by atoms with E-state index in [0.29, 0.717) is 41.9 Å². The number of amides is 1. The van der Waals surface area contributed by atoms with Gasteiger partial charge in [0.05, 0.1) is 12.5 Å². The summed E-state index contributed by atoms with van der Waals surface area (Å²) in [7, 11) is 3.61. The first-order valence-electron chi connectivity index (χ1n) is 9.81. The molecule has 1 fully saturated rings. The fourth-order valence-electron chi connectivity index (χ4n) is 3.79. The molecule has 8 nitrogen and oxygen atoms in total.